The molecule has 2 amide bonds. The molecule has 1 N–H and O–H groups in total. The molecule has 1 saturated carbocycles. The molecular formula is C21H28BrN3O2S. The lowest BCUT2D eigenvalue weighted by Crippen LogP contribution is -2.42. The molecule has 1 aromatic carbocycles. The van der Waals surface area contributed by atoms with Gasteiger partial charge in [0.15, 0.2) is 5.17 Å². The first kappa shape index (κ1) is 21.4. The van der Waals surface area contributed by atoms with Crippen molar-refractivity contribution in [2.24, 2.45) is 4.99 Å². The van der Waals surface area contributed by atoms with E-state index in [-0.39, 0.29) is 29.5 Å². The van der Waals surface area contributed by atoms with Crippen molar-refractivity contribution in [1.29, 1.82) is 0 Å². The lowest BCUT2D eigenvalue weighted by atomic mass is 9.95. The van der Waals surface area contributed by atoms with Crippen molar-refractivity contribution in [3.8, 4) is 0 Å². The van der Waals surface area contributed by atoms with Gasteiger partial charge in [-0.3, -0.25) is 19.5 Å². The summed E-state index contributed by atoms with van der Waals surface area (Å²) in [6, 6.07) is 7.68. The average Bonchev–Trinajstić information content (AvgIpc) is 2.93. The van der Waals surface area contributed by atoms with Crippen LogP contribution in [0.5, 0.6) is 0 Å². The van der Waals surface area contributed by atoms with Crippen molar-refractivity contribution in [2.45, 2.75) is 69.6 Å². The molecule has 5 nitrogen and oxygen atoms in total. The average molecular weight is 466 g/mol. The van der Waals surface area contributed by atoms with Crippen LogP contribution >= 0.6 is 27.7 Å². The Morgan fingerprint density at radius 2 is 1.82 bits per heavy atom. The molecule has 0 bridgehead atoms. The van der Waals surface area contributed by atoms with E-state index in [1.807, 2.05) is 36.1 Å². The van der Waals surface area contributed by atoms with E-state index < -0.39 is 0 Å². The Bertz CT molecular complexity index is 715. The van der Waals surface area contributed by atoms with Crippen LogP contribution in [0.3, 0.4) is 0 Å². The van der Waals surface area contributed by atoms with Gasteiger partial charge in [-0.2, -0.15) is 0 Å². The highest BCUT2D eigenvalue weighted by Crippen LogP contribution is 2.35. The molecule has 1 saturated heterocycles. The molecule has 0 aromatic heterocycles. The van der Waals surface area contributed by atoms with Crippen LogP contribution in [0.1, 0.15) is 58.3 Å². The van der Waals surface area contributed by atoms with E-state index in [1.165, 1.54) is 31.0 Å². The predicted octanol–water partition coefficient (Wildman–Crippen LogP) is 5.21. The normalized spacial score (nSPS) is 22.9. The third-order valence-electron chi connectivity index (χ3n) is 5.20. The minimum Gasteiger partial charge on any atom is -0.326 e. The van der Waals surface area contributed by atoms with Crippen LogP contribution in [0, 0.1) is 0 Å². The molecule has 1 unspecified atom stereocenters. The smallest absolute Gasteiger partial charge is 0.242 e. The zero-order valence-corrected chi connectivity index (χ0v) is 18.7. The molecular weight excluding hydrogens is 438 g/mol. The quantitative estimate of drug-likeness (QED) is 0.648. The highest BCUT2D eigenvalue weighted by molar-refractivity contribution is 9.10. The number of thioether (sulfide) groups is 1. The number of nitrogens with zero attached hydrogens (tertiary/aromatic N) is 2. The summed E-state index contributed by atoms with van der Waals surface area (Å²) in [6.45, 7) is 2.64. The third kappa shape index (κ3) is 5.60. The number of rotatable bonds is 5. The van der Waals surface area contributed by atoms with Crippen LogP contribution < -0.4 is 5.32 Å². The number of nitrogens with one attached hydrogen (secondary N) is 1. The highest BCUT2D eigenvalue weighted by Gasteiger charge is 2.42. The second kappa shape index (κ2) is 10.4. The van der Waals surface area contributed by atoms with Crippen LogP contribution in [0.4, 0.5) is 5.69 Å². The fourth-order valence-electron chi connectivity index (χ4n) is 3.80. The number of carbonyl (C=O) groups is 2. The fourth-order valence-corrected chi connectivity index (χ4v) is 5.33. The lowest BCUT2D eigenvalue weighted by Gasteiger charge is -2.29. The van der Waals surface area contributed by atoms with E-state index in [4.69, 9.17) is 0 Å². The molecule has 1 aliphatic heterocycles. The molecule has 0 radical (unpaired) electrons. The van der Waals surface area contributed by atoms with Crippen LogP contribution in [-0.4, -0.2) is 39.7 Å². The molecule has 1 aliphatic carbocycles. The summed E-state index contributed by atoms with van der Waals surface area (Å²) < 4.78 is 0.960. The van der Waals surface area contributed by atoms with Gasteiger partial charge in [0.25, 0.3) is 0 Å². The minimum atomic E-state index is -0.383. The van der Waals surface area contributed by atoms with E-state index in [1.54, 1.807) is 0 Å². The van der Waals surface area contributed by atoms with Crippen molar-refractivity contribution >= 4 is 50.4 Å². The van der Waals surface area contributed by atoms with Gasteiger partial charge in [-0.15, -0.1) is 0 Å². The minimum absolute atomic E-state index is 0.0497. The second-order valence-corrected chi connectivity index (χ2v) is 9.42. The molecule has 28 heavy (non-hydrogen) atoms. The first-order valence-corrected chi connectivity index (χ1v) is 11.9. The van der Waals surface area contributed by atoms with Crippen LogP contribution in [-0.2, 0) is 9.59 Å². The molecule has 1 heterocycles. The summed E-state index contributed by atoms with van der Waals surface area (Å²) in [6.07, 6.45) is 8.34. The van der Waals surface area contributed by atoms with Crippen LogP contribution in [0.2, 0.25) is 0 Å². The standard InChI is InChI=1S/C21H28BrN3O2S/c1-2-23-21-25(17-8-6-4-3-5-7-9-17)20(27)18(28-21)14-19(26)24-16-12-10-15(22)11-13-16/h10-13,17-18H,2-9,14H2,1H3,(H,24,26). The fraction of sp³-hybridized carbons (Fsp3) is 0.571. The molecule has 0 spiro atoms. The summed E-state index contributed by atoms with van der Waals surface area (Å²) >= 11 is 4.84. The summed E-state index contributed by atoms with van der Waals surface area (Å²) in [4.78, 5) is 32.2. The zero-order valence-electron chi connectivity index (χ0n) is 16.3. The number of anilines is 1. The van der Waals surface area contributed by atoms with Crippen LogP contribution in [0.15, 0.2) is 33.7 Å². The Hall–Kier alpha value is -1.34. The van der Waals surface area contributed by atoms with Gasteiger partial charge in [0.2, 0.25) is 11.8 Å². The monoisotopic (exact) mass is 465 g/mol. The Kier molecular flexibility index (Phi) is 7.97. The Morgan fingerprint density at radius 1 is 1.18 bits per heavy atom. The largest absolute Gasteiger partial charge is 0.326 e. The van der Waals surface area contributed by atoms with E-state index in [2.05, 4.69) is 26.2 Å². The zero-order chi connectivity index (χ0) is 19.9. The van der Waals surface area contributed by atoms with Gasteiger partial charge in [0.05, 0.1) is 0 Å². The SMILES string of the molecule is CCN=C1SC(CC(=O)Nc2ccc(Br)cc2)C(=O)N1C1CCCCCCC1. The van der Waals surface area contributed by atoms with Crippen LogP contribution in [0.25, 0.3) is 0 Å². The van der Waals surface area contributed by atoms with Gasteiger partial charge in [0, 0.05) is 29.2 Å². The third-order valence-corrected chi connectivity index (χ3v) is 6.92. The van der Waals surface area contributed by atoms with Gasteiger partial charge < -0.3 is 5.32 Å². The van der Waals surface area contributed by atoms with Crippen molar-refractivity contribution in [3.05, 3.63) is 28.7 Å². The maximum absolute atomic E-state index is 13.2. The number of carbonyl (C=O) groups excluding carboxylic acids is 2. The Labute approximate surface area is 179 Å². The van der Waals surface area contributed by atoms with Crippen molar-refractivity contribution in [1.82, 2.24) is 4.90 Å². The maximum Gasteiger partial charge on any atom is 0.242 e. The number of amidine groups is 1. The summed E-state index contributed by atoms with van der Waals surface area (Å²) in [5.74, 6) is -0.0859. The number of halogens is 1. The molecule has 3 rings (SSSR count). The lowest BCUT2D eigenvalue weighted by molar-refractivity contribution is -0.129. The Morgan fingerprint density at radius 3 is 2.46 bits per heavy atom. The molecule has 1 aromatic rings. The summed E-state index contributed by atoms with van der Waals surface area (Å²) in [5.41, 5.74) is 0.739. The summed E-state index contributed by atoms with van der Waals surface area (Å²) in [5, 5.41) is 3.31. The van der Waals surface area contributed by atoms with E-state index in [0.717, 1.165) is 41.0 Å². The van der Waals surface area contributed by atoms with E-state index >= 15 is 0 Å². The van der Waals surface area contributed by atoms with Gasteiger partial charge >= 0.3 is 0 Å². The van der Waals surface area contributed by atoms with E-state index in [9.17, 15) is 9.59 Å². The molecule has 152 valence electrons. The molecule has 1 atom stereocenters. The highest BCUT2D eigenvalue weighted by atomic mass is 79.9. The molecule has 2 fully saturated rings. The van der Waals surface area contributed by atoms with Gasteiger partial charge in [-0.25, -0.2) is 0 Å². The molecule has 7 heteroatoms. The number of aliphatic imine (C=N–C) groups is 1. The van der Waals surface area contributed by atoms with Gasteiger partial charge in [0.1, 0.15) is 5.25 Å². The van der Waals surface area contributed by atoms with Crippen molar-refractivity contribution < 1.29 is 9.59 Å². The second-order valence-electron chi connectivity index (χ2n) is 7.33. The number of hydrogen-bond acceptors (Lipinski definition) is 4. The Balaban J connectivity index is 1.66. The first-order valence-electron chi connectivity index (χ1n) is 10.2. The van der Waals surface area contributed by atoms with E-state index in [0.29, 0.717) is 6.54 Å². The molecule has 2 aliphatic rings. The predicted molar refractivity (Wildman–Crippen MR) is 120 cm³/mol. The number of hydrogen-bond donors (Lipinski definition) is 1. The topological polar surface area (TPSA) is 61.8 Å². The van der Waals surface area contributed by atoms with Gasteiger partial charge in [-0.05, 0) is 44.0 Å². The summed E-state index contributed by atoms with van der Waals surface area (Å²) in [7, 11) is 0. The number of amides is 2. The van der Waals surface area contributed by atoms with Gasteiger partial charge in [-0.1, -0.05) is 59.8 Å². The first-order chi connectivity index (χ1) is 13.6. The maximum atomic E-state index is 13.2. The number of benzene rings is 1. The van der Waals surface area contributed by atoms with Crippen molar-refractivity contribution in [2.75, 3.05) is 11.9 Å². The van der Waals surface area contributed by atoms with Crippen molar-refractivity contribution in [3.63, 3.8) is 0 Å².